The summed E-state index contributed by atoms with van der Waals surface area (Å²) >= 11 is 0. The number of phenolic OH excluding ortho intramolecular Hbond substituents is 1. The second-order valence-corrected chi connectivity index (χ2v) is 5.57. The van der Waals surface area contributed by atoms with Gasteiger partial charge in [0, 0.05) is 11.1 Å². The van der Waals surface area contributed by atoms with Crippen molar-refractivity contribution in [1.82, 2.24) is 0 Å². The molecule has 4 N–H and O–H groups in total. The van der Waals surface area contributed by atoms with Crippen LogP contribution in [0.2, 0.25) is 0 Å². The van der Waals surface area contributed by atoms with Gasteiger partial charge in [-0.25, -0.2) is 0 Å². The summed E-state index contributed by atoms with van der Waals surface area (Å²) in [4.78, 5) is 22.0. The van der Waals surface area contributed by atoms with Gasteiger partial charge in [-0.05, 0) is 35.4 Å². The van der Waals surface area contributed by atoms with Crippen LogP contribution >= 0.6 is 0 Å². The van der Waals surface area contributed by atoms with Crippen molar-refractivity contribution < 1.29 is 14.7 Å². The van der Waals surface area contributed by atoms with Crippen LogP contribution < -0.4 is 11.1 Å². The van der Waals surface area contributed by atoms with Gasteiger partial charge in [-0.15, -0.1) is 0 Å². The molecule has 0 radical (unpaired) electrons. The molecule has 0 spiro atoms. The van der Waals surface area contributed by atoms with E-state index >= 15 is 0 Å². The topological polar surface area (TPSA) is 92.4 Å². The zero-order valence-corrected chi connectivity index (χ0v) is 12.5. The Bertz CT molecular complexity index is 689. The molecule has 0 saturated carbocycles. The third-order valence-electron chi connectivity index (χ3n) is 3.68. The number of anilines is 1. The number of hydrogen-bond acceptors (Lipinski definition) is 3. The highest BCUT2D eigenvalue weighted by molar-refractivity contribution is 6.39. The SMILES string of the molecule is CC(C)(c1ccc(O)cc1)c1ccc(NC(=O)C(N)=O)cc1. The molecule has 0 saturated heterocycles. The van der Waals surface area contributed by atoms with Crippen LogP contribution in [0.3, 0.4) is 0 Å². The Morgan fingerprint density at radius 1 is 0.955 bits per heavy atom. The second-order valence-electron chi connectivity index (χ2n) is 5.57. The van der Waals surface area contributed by atoms with E-state index in [0.29, 0.717) is 5.69 Å². The summed E-state index contributed by atoms with van der Waals surface area (Å²) in [7, 11) is 0. The minimum Gasteiger partial charge on any atom is -0.508 e. The van der Waals surface area contributed by atoms with E-state index in [0.717, 1.165) is 11.1 Å². The van der Waals surface area contributed by atoms with Gasteiger partial charge in [0.2, 0.25) is 0 Å². The van der Waals surface area contributed by atoms with Crippen LogP contribution in [0.5, 0.6) is 5.75 Å². The molecule has 0 aliphatic rings. The molecule has 0 aliphatic carbocycles. The van der Waals surface area contributed by atoms with Crippen LogP contribution in [0.25, 0.3) is 0 Å². The molecule has 0 aromatic heterocycles. The lowest BCUT2D eigenvalue weighted by Gasteiger charge is -2.26. The van der Waals surface area contributed by atoms with Crippen LogP contribution in [0, 0.1) is 0 Å². The molecule has 22 heavy (non-hydrogen) atoms. The molecule has 0 aliphatic heterocycles. The van der Waals surface area contributed by atoms with Gasteiger partial charge in [-0.2, -0.15) is 0 Å². The van der Waals surface area contributed by atoms with Gasteiger partial charge in [-0.3, -0.25) is 9.59 Å². The average Bonchev–Trinajstić information content (AvgIpc) is 2.48. The largest absolute Gasteiger partial charge is 0.508 e. The summed E-state index contributed by atoms with van der Waals surface area (Å²) in [5.74, 6) is -1.64. The zero-order chi connectivity index (χ0) is 16.3. The van der Waals surface area contributed by atoms with Crippen molar-refractivity contribution in [2.45, 2.75) is 19.3 Å². The van der Waals surface area contributed by atoms with Crippen LogP contribution in [-0.2, 0) is 15.0 Å². The number of carbonyl (C=O) groups excluding carboxylic acids is 2. The highest BCUT2D eigenvalue weighted by Crippen LogP contribution is 2.32. The summed E-state index contributed by atoms with van der Waals surface area (Å²) in [6.07, 6.45) is 0. The number of rotatable bonds is 3. The summed E-state index contributed by atoms with van der Waals surface area (Å²) < 4.78 is 0. The maximum atomic E-state index is 11.2. The van der Waals surface area contributed by atoms with Gasteiger partial charge in [0.1, 0.15) is 5.75 Å². The Hall–Kier alpha value is -2.82. The van der Waals surface area contributed by atoms with E-state index in [1.807, 2.05) is 24.3 Å². The average molecular weight is 298 g/mol. The molecule has 0 unspecified atom stereocenters. The van der Waals surface area contributed by atoms with Crippen molar-refractivity contribution in [3.63, 3.8) is 0 Å². The molecule has 2 rings (SSSR count). The first-order valence-corrected chi connectivity index (χ1v) is 6.81. The summed E-state index contributed by atoms with van der Waals surface area (Å²) in [6.45, 7) is 4.13. The predicted octanol–water partition coefficient (Wildman–Crippen LogP) is 2.14. The van der Waals surface area contributed by atoms with E-state index in [1.165, 1.54) is 0 Å². The van der Waals surface area contributed by atoms with Gasteiger partial charge in [-0.1, -0.05) is 38.1 Å². The van der Waals surface area contributed by atoms with Crippen molar-refractivity contribution in [3.8, 4) is 5.75 Å². The van der Waals surface area contributed by atoms with Gasteiger partial charge < -0.3 is 16.2 Å². The minimum absolute atomic E-state index is 0.226. The lowest BCUT2D eigenvalue weighted by atomic mass is 9.78. The highest BCUT2D eigenvalue weighted by Gasteiger charge is 2.23. The van der Waals surface area contributed by atoms with Gasteiger partial charge in [0.05, 0.1) is 0 Å². The van der Waals surface area contributed by atoms with Gasteiger partial charge in [0.15, 0.2) is 0 Å². The monoisotopic (exact) mass is 298 g/mol. The quantitative estimate of drug-likeness (QED) is 0.758. The van der Waals surface area contributed by atoms with E-state index in [1.54, 1.807) is 24.3 Å². The maximum absolute atomic E-state index is 11.2. The second kappa shape index (κ2) is 5.89. The number of nitrogens with one attached hydrogen (secondary N) is 1. The predicted molar refractivity (Wildman–Crippen MR) is 84.5 cm³/mol. The number of benzene rings is 2. The lowest BCUT2D eigenvalue weighted by Crippen LogP contribution is -2.29. The third kappa shape index (κ3) is 3.25. The van der Waals surface area contributed by atoms with Gasteiger partial charge >= 0.3 is 11.8 Å². The van der Waals surface area contributed by atoms with Crippen molar-refractivity contribution in [2.24, 2.45) is 5.73 Å². The number of primary amides is 1. The van der Waals surface area contributed by atoms with Crippen molar-refractivity contribution in [1.29, 1.82) is 0 Å². The summed E-state index contributed by atoms with van der Waals surface area (Å²) in [6, 6.07) is 14.2. The normalized spacial score (nSPS) is 11.0. The molecule has 5 heteroatoms. The molecule has 0 atom stereocenters. The number of nitrogens with two attached hydrogens (primary N) is 1. The fraction of sp³-hybridized carbons (Fsp3) is 0.176. The number of hydrogen-bond donors (Lipinski definition) is 3. The van der Waals surface area contributed by atoms with E-state index in [9.17, 15) is 14.7 Å². The standard InChI is InChI=1S/C17H18N2O3/c1-17(2,12-5-9-14(20)10-6-12)11-3-7-13(8-4-11)19-16(22)15(18)21/h3-10,20H,1-2H3,(H2,18,21)(H,19,22). The summed E-state index contributed by atoms with van der Waals surface area (Å²) in [5.41, 5.74) is 7.24. The number of aromatic hydroxyl groups is 1. The minimum atomic E-state index is -1.02. The van der Waals surface area contributed by atoms with Crippen molar-refractivity contribution >= 4 is 17.5 Å². The lowest BCUT2D eigenvalue weighted by molar-refractivity contribution is -0.134. The molecule has 0 bridgehead atoms. The Kier molecular flexibility index (Phi) is 4.17. The molecular weight excluding hydrogens is 280 g/mol. The number of amides is 2. The fourth-order valence-corrected chi connectivity index (χ4v) is 2.21. The van der Waals surface area contributed by atoms with Crippen molar-refractivity contribution in [3.05, 3.63) is 59.7 Å². The van der Waals surface area contributed by atoms with Crippen LogP contribution in [0.15, 0.2) is 48.5 Å². The molecule has 2 aromatic carbocycles. The summed E-state index contributed by atoms with van der Waals surface area (Å²) in [5, 5.41) is 11.8. The Balaban J connectivity index is 2.23. The highest BCUT2D eigenvalue weighted by atomic mass is 16.3. The Morgan fingerprint density at radius 2 is 1.41 bits per heavy atom. The van der Waals surface area contributed by atoms with Crippen LogP contribution in [-0.4, -0.2) is 16.9 Å². The molecule has 114 valence electrons. The molecule has 0 fully saturated rings. The Morgan fingerprint density at radius 3 is 1.86 bits per heavy atom. The third-order valence-corrected chi connectivity index (χ3v) is 3.68. The Labute approximate surface area is 128 Å². The fourth-order valence-electron chi connectivity index (χ4n) is 2.21. The first-order chi connectivity index (χ1) is 10.3. The van der Waals surface area contributed by atoms with E-state index < -0.39 is 11.8 Å². The smallest absolute Gasteiger partial charge is 0.313 e. The number of phenols is 1. The van der Waals surface area contributed by atoms with Crippen molar-refractivity contribution in [2.75, 3.05) is 5.32 Å². The molecule has 0 heterocycles. The molecule has 5 nitrogen and oxygen atoms in total. The van der Waals surface area contributed by atoms with E-state index in [-0.39, 0.29) is 11.2 Å². The molecular formula is C17H18N2O3. The van der Waals surface area contributed by atoms with Gasteiger partial charge in [0.25, 0.3) is 0 Å². The zero-order valence-electron chi connectivity index (χ0n) is 12.5. The number of carbonyl (C=O) groups is 2. The molecule has 2 amide bonds. The first-order valence-electron chi connectivity index (χ1n) is 6.81. The van der Waals surface area contributed by atoms with E-state index in [4.69, 9.17) is 5.73 Å². The maximum Gasteiger partial charge on any atom is 0.313 e. The van der Waals surface area contributed by atoms with E-state index in [2.05, 4.69) is 19.2 Å². The van der Waals surface area contributed by atoms with Crippen LogP contribution in [0.4, 0.5) is 5.69 Å². The molecule has 2 aromatic rings. The van der Waals surface area contributed by atoms with Crippen LogP contribution in [0.1, 0.15) is 25.0 Å². The first kappa shape index (κ1) is 15.6.